The lowest BCUT2D eigenvalue weighted by molar-refractivity contribution is -0.119. The van der Waals surface area contributed by atoms with E-state index in [1.165, 1.54) is 0 Å². The van der Waals surface area contributed by atoms with Crippen LogP contribution in [0.1, 0.15) is 41.6 Å². The summed E-state index contributed by atoms with van der Waals surface area (Å²) in [5, 5.41) is 6.48. The summed E-state index contributed by atoms with van der Waals surface area (Å²) in [5.74, 6) is -0.568. The molecule has 0 radical (unpaired) electrons. The van der Waals surface area contributed by atoms with Gasteiger partial charge in [0.25, 0.3) is 5.91 Å². The summed E-state index contributed by atoms with van der Waals surface area (Å²) >= 11 is 0. The molecule has 0 unspecified atom stereocenters. The molecule has 1 heterocycles. The van der Waals surface area contributed by atoms with Crippen LogP contribution in [0.15, 0.2) is 28.8 Å². The Morgan fingerprint density at radius 3 is 2.44 bits per heavy atom. The Balaban J connectivity index is 1.94. The maximum Gasteiger partial charge on any atom is 0.344 e. The molecular weight excluding hydrogens is 322 g/mol. The molecular formula is C18H23N3O4. The Bertz CT molecular complexity index is 748. The Kier molecular flexibility index (Phi) is 5.80. The van der Waals surface area contributed by atoms with Crippen molar-refractivity contribution in [3.05, 3.63) is 41.3 Å². The van der Waals surface area contributed by atoms with Crippen molar-refractivity contribution in [2.75, 3.05) is 30.9 Å². The number of aromatic nitrogens is 1. The summed E-state index contributed by atoms with van der Waals surface area (Å²) in [6.07, 6.45) is 0. The lowest BCUT2D eigenvalue weighted by atomic mass is 10.1. The van der Waals surface area contributed by atoms with Crippen LogP contribution in [0.25, 0.3) is 0 Å². The molecule has 0 atom stereocenters. The highest BCUT2D eigenvalue weighted by atomic mass is 16.5. The van der Waals surface area contributed by atoms with Crippen molar-refractivity contribution in [1.82, 2.24) is 5.16 Å². The monoisotopic (exact) mass is 345 g/mol. The van der Waals surface area contributed by atoms with E-state index in [9.17, 15) is 9.59 Å². The van der Waals surface area contributed by atoms with Gasteiger partial charge >= 0.3 is 5.97 Å². The number of ether oxygens (including phenoxy) is 1. The Hall–Kier alpha value is -2.83. The number of amides is 1. The first-order valence-electron chi connectivity index (χ1n) is 8.00. The number of esters is 1. The topological polar surface area (TPSA) is 84.7 Å². The van der Waals surface area contributed by atoms with Crippen LogP contribution in [-0.2, 0) is 9.53 Å². The molecule has 2 aromatic rings. The molecule has 0 saturated heterocycles. The van der Waals surface area contributed by atoms with Crippen LogP contribution in [0.3, 0.4) is 0 Å². The summed E-state index contributed by atoms with van der Waals surface area (Å²) in [6.45, 7) is 5.07. The minimum Gasteiger partial charge on any atom is -0.452 e. The normalized spacial score (nSPS) is 10.6. The lowest BCUT2D eigenvalue weighted by Gasteiger charge is -2.13. The van der Waals surface area contributed by atoms with Gasteiger partial charge in [0.2, 0.25) is 0 Å². The smallest absolute Gasteiger partial charge is 0.344 e. The third kappa shape index (κ3) is 4.59. The van der Waals surface area contributed by atoms with Gasteiger partial charge < -0.3 is 19.5 Å². The molecule has 0 aliphatic carbocycles. The zero-order valence-corrected chi connectivity index (χ0v) is 15.1. The number of aryl methyl sites for hydroxylation is 1. The predicted octanol–water partition coefficient (Wildman–Crippen LogP) is 2.97. The van der Waals surface area contributed by atoms with Crippen LogP contribution in [0.2, 0.25) is 0 Å². The van der Waals surface area contributed by atoms with Crippen molar-refractivity contribution in [3.63, 3.8) is 0 Å². The standard InChI is InChI=1S/C18H23N3O4/c1-11(2)17-16(12(3)20-25-17)18(23)24-10-15(22)19-13-6-8-14(9-7-13)21(4)5/h6-9,11H,10H2,1-5H3,(H,19,22). The van der Waals surface area contributed by atoms with E-state index in [1.807, 2.05) is 45.0 Å². The number of hydrogen-bond donors (Lipinski definition) is 1. The molecule has 0 spiro atoms. The Morgan fingerprint density at radius 2 is 1.88 bits per heavy atom. The number of benzene rings is 1. The van der Waals surface area contributed by atoms with Crippen molar-refractivity contribution in [2.24, 2.45) is 0 Å². The van der Waals surface area contributed by atoms with Crippen LogP contribution >= 0.6 is 0 Å². The number of rotatable bonds is 6. The third-order valence-corrected chi connectivity index (χ3v) is 3.62. The molecule has 1 aromatic heterocycles. The number of nitrogens with one attached hydrogen (secondary N) is 1. The van der Waals surface area contributed by atoms with Gasteiger partial charge in [-0.05, 0) is 31.2 Å². The van der Waals surface area contributed by atoms with Crippen molar-refractivity contribution in [2.45, 2.75) is 26.7 Å². The molecule has 0 saturated carbocycles. The van der Waals surface area contributed by atoms with Gasteiger partial charge in [0.05, 0.1) is 5.69 Å². The average molecular weight is 345 g/mol. The first-order chi connectivity index (χ1) is 11.8. The van der Waals surface area contributed by atoms with E-state index < -0.39 is 11.9 Å². The van der Waals surface area contributed by atoms with Gasteiger partial charge in [-0.3, -0.25) is 4.79 Å². The maximum absolute atomic E-state index is 12.2. The maximum atomic E-state index is 12.2. The lowest BCUT2D eigenvalue weighted by Crippen LogP contribution is -2.21. The summed E-state index contributed by atoms with van der Waals surface area (Å²) < 4.78 is 10.3. The van der Waals surface area contributed by atoms with Gasteiger partial charge in [-0.1, -0.05) is 19.0 Å². The summed E-state index contributed by atoms with van der Waals surface area (Å²) in [5.41, 5.74) is 2.40. The largest absolute Gasteiger partial charge is 0.452 e. The summed E-state index contributed by atoms with van der Waals surface area (Å²) in [7, 11) is 3.87. The molecule has 7 nitrogen and oxygen atoms in total. The fourth-order valence-electron chi connectivity index (χ4n) is 2.27. The highest BCUT2D eigenvalue weighted by Crippen LogP contribution is 2.23. The number of carbonyl (C=O) groups excluding carboxylic acids is 2. The van der Waals surface area contributed by atoms with E-state index in [0.717, 1.165) is 5.69 Å². The van der Waals surface area contributed by atoms with Crippen LogP contribution in [-0.4, -0.2) is 37.7 Å². The molecule has 2 rings (SSSR count). The van der Waals surface area contributed by atoms with Gasteiger partial charge in [-0.25, -0.2) is 4.79 Å². The highest BCUT2D eigenvalue weighted by Gasteiger charge is 2.24. The molecule has 0 aliphatic heterocycles. The second kappa shape index (κ2) is 7.83. The molecule has 0 aliphatic rings. The average Bonchev–Trinajstić information content (AvgIpc) is 2.95. The second-order valence-corrected chi connectivity index (χ2v) is 6.23. The van der Waals surface area contributed by atoms with E-state index in [0.29, 0.717) is 17.1 Å². The molecule has 1 aromatic carbocycles. The van der Waals surface area contributed by atoms with E-state index in [2.05, 4.69) is 10.5 Å². The zero-order chi connectivity index (χ0) is 18.6. The van der Waals surface area contributed by atoms with Crippen molar-refractivity contribution in [3.8, 4) is 0 Å². The van der Waals surface area contributed by atoms with Crippen LogP contribution < -0.4 is 10.2 Å². The Labute approximate surface area is 146 Å². The van der Waals surface area contributed by atoms with Crippen LogP contribution in [0.4, 0.5) is 11.4 Å². The summed E-state index contributed by atoms with van der Waals surface area (Å²) in [6, 6.07) is 7.35. The molecule has 1 amide bonds. The van der Waals surface area contributed by atoms with E-state index in [-0.39, 0.29) is 18.1 Å². The SMILES string of the molecule is Cc1noc(C(C)C)c1C(=O)OCC(=O)Nc1ccc(N(C)C)cc1. The van der Waals surface area contributed by atoms with E-state index in [4.69, 9.17) is 9.26 Å². The van der Waals surface area contributed by atoms with E-state index >= 15 is 0 Å². The minimum absolute atomic E-state index is 0.00668. The van der Waals surface area contributed by atoms with Gasteiger partial charge in [0.15, 0.2) is 12.4 Å². The van der Waals surface area contributed by atoms with Gasteiger partial charge in [0, 0.05) is 31.4 Å². The fourth-order valence-corrected chi connectivity index (χ4v) is 2.27. The third-order valence-electron chi connectivity index (χ3n) is 3.62. The number of carbonyl (C=O) groups is 2. The number of anilines is 2. The van der Waals surface area contributed by atoms with Gasteiger partial charge in [0.1, 0.15) is 5.56 Å². The summed E-state index contributed by atoms with van der Waals surface area (Å²) in [4.78, 5) is 26.2. The minimum atomic E-state index is -0.611. The first kappa shape index (κ1) is 18.5. The molecule has 25 heavy (non-hydrogen) atoms. The van der Waals surface area contributed by atoms with Crippen LogP contribution in [0.5, 0.6) is 0 Å². The van der Waals surface area contributed by atoms with Gasteiger partial charge in [-0.2, -0.15) is 0 Å². The number of hydrogen-bond acceptors (Lipinski definition) is 6. The molecule has 0 bridgehead atoms. The first-order valence-corrected chi connectivity index (χ1v) is 8.00. The molecule has 7 heteroatoms. The molecule has 0 fully saturated rings. The highest BCUT2D eigenvalue weighted by molar-refractivity contribution is 5.96. The van der Waals surface area contributed by atoms with Crippen molar-refractivity contribution in [1.29, 1.82) is 0 Å². The quantitative estimate of drug-likeness (QED) is 0.810. The number of nitrogens with zero attached hydrogens (tertiary/aromatic N) is 2. The van der Waals surface area contributed by atoms with Gasteiger partial charge in [-0.15, -0.1) is 0 Å². The van der Waals surface area contributed by atoms with E-state index in [1.54, 1.807) is 19.1 Å². The predicted molar refractivity (Wildman–Crippen MR) is 95.0 cm³/mol. The van der Waals surface area contributed by atoms with Crippen LogP contribution in [0, 0.1) is 6.92 Å². The van der Waals surface area contributed by atoms with Crippen molar-refractivity contribution >= 4 is 23.3 Å². The fraction of sp³-hybridized carbons (Fsp3) is 0.389. The second-order valence-electron chi connectivity index (χ2n) is 6.23. The van der Waals surface area contributed by atoms with Crippen molar-refractivity contribution < 1.29 is 18.8 Å². The molecule has 1 N–H and O–H groups in total. The molecule has 134 valence electrons. The zero-order valence-electron chi connectivity index (χ0n) is 15.1. The Morgan fingerprint density at radius 1 is 1.24 bits per heavy atom.